The lowest BCUT2D eigenvalue weighted by Crippen LogP contribution is -2.25. The van der Waals surface area contributed by atoms with Crippen molar-refractivity contribution in [2.75, 3.05) is 13.2 Å². The molecule has 2 unspecified atom stereocenters. The van der Waals surface area contributed by atoms with E-state index in [0.717, 1.165) is 63.7 Å². The standard InChI is InChI=1S/C42H70O6/c1-4-5-25-31-39-40(48-39)32-27-22-18-14-10-6-7-11-15-19-23-28-33-41(44)46-35-38(43)36-47-42(45)34-29-24-20-16-12-8-9-13-17-21-26-30-37(2)3/h5,7,10-11,14,19,22-23,25,27,37-40,43H,4,6,8-9,12-13,15-18,20-21,24,26,28-36H2,1-3H3/b11-7-,14-10-,23-19-,25-5-,27-22-/t38-,39?,40?/m0/s1. The zero-order valence-electron chi connectivity index (χ0n) is 30.8. The first-order chi connectivity index (χ1) is 23.4. The number of unbranched alkanes of at least 4 members (excludes halogenated alkanes) is 10. The summed E-state index contributed by atoms with van der Waals surface area (Å²) in [5, 5.41) is 10.00. The summed E-state index contributed by atoms with van der Waals surface area (Å²) < 4.78 is 15.9. The highest BCUT2D eigenvalue weighted by Crippen LogP contribution is 2.29. The van der Waals surface area contributed by atoms with Crippen LogP contribution in [0.1, 0.15) is 156 Å². The molecule has 48 heavy (non-hydrogen) atoms. The SMILES string of the molecule is CC/C=C\CC1OC1C/C=C\C/C=C\C/C=C\C/C=C\CCC(=O)OC[C@H](O)COC(=O)CCCCCCCCCCCCCC(C)C. The molecule has 1 aliphatic heterocycles. The fraction of sp³-hybridized carbons (Fsp3) is 0.714. The van der Waals surface area contributed by atoms with E-state index in [1.165, 1.54) is 57.8 Å². The largest absolute Gasteiger partial charge is 0.463 e. The number of hydrogen-bond donors (Lipinski definition) is 1. The van der Waals surface area contributed by atoms with Crippen molar-refractivity contribution in [3.8, 4) is 0 Å². The lowest BCUT2D eigenvalue weighted by atomic mass is 10.0. The summed E-state index contributed by atoms with van der Waals surface area (Å²) in [6.45, 7) is 6.44. The second-order valence-electron chi connectivity index (χ2n) is 13.5. The minimum Gasteiger partial charge on any atom is -0.463 e. The lowest BCUT2D eigenvalue weighted by molar-refractivity contribution is -0.152. The number of carbonyl (C=O) groups is 2. The van der Waals surface area contributed by atoms with Gasteiger partial charge in [0.05, 0.1) is 12.2 Å². The van der Waals surface area contributed by atoms with Crippen LogP contribution in [-0.2, 0) is 23.8 Å². The quantitative estimate of drug-likeness (QED) is 0.0332. The Morgan fingerprint density at radius 3 is 1.56 bits per heavy atom. The fourth-order valence-electron chi connectivity index (χ4n) is 5.34. The number of aliphatic hydroxyl groups excluding tert-OH is 1. The van der Waals surface area contributed by atoms with Gasteiger partial charge in [-0.15, -0.1) is 0 Å². The smallest absolute Gasteiger partial charge is 0.306 e. The van der Waals surface area contributed by atoms with E-state index in [-0.39, 0.29) is 31.6 Å². The summed E-state index contributed by atoms with van der Waals surface area (Å²) in [4.78, 5) is 23.9. The molecule has 1 N–H and O–H groups in total. The molecule has 1 saturated heterocycles. The minimum atomic E-state index is -0.998. The van der Waals surface area contributed by atoms with Gasteiger partial charge >= 0.3 is 11.9 Å². The van der Waals surface area contributed by atoms with Crippen LogP contribution in [0.4, 0.5) is 0 Å². The Morgan fingerprint density at radius 1 is 0.604 bits per heavy atom. The average Bonchev–Trinajstić information content (AvgIpc) is 3.82. The van der Waals surface area contributed by atoms with E-state index in [1.807, 2.05) is 12.2 Å². The first-order valence-electron chi connectivity index (χ1n) is 19.3. The first-order valence-corrected chi connectivity index (χ1v) is 19.3. The number of esters is 2. The molecule has 0 amide bonds. The number of aliphatic hydroxyl groups is 1. The maximum absolute atomic E-state index is 11.9. The predicted molar refractivity (Wildman–Crippen MR) is 200 cm³/mol. The first kappa shape index (κ1) is 43.6. The highest BCUT2D eigenvalue weighted by molar-refractivity contribution is 5.70. The number of rotatable bonds is 32. The van der Waals surface area contributed by atoms with Gasteiger partial charge in [-0.25, -0.2) is 0 Å². The summed E-state index contributed by atoms with van der Waals surface area (Å²) >= 11 is 0. The van der Waals surface area contributed by atoms with Crippen LogP contribution in [0, 0.1) is 5.92 Å². The molecule has 3 atom stereocenters. The average molecular weight is 671 g/mol. The van der Waals surface area contributed by atoms with Crippen LogP contribution >= 0.6 is 0 Å². The van der Waals surface area contributed by atoms with Gasteiger partial charge < -0.3 is 19.3 Å². The second-order valence-corrected chi connectivity index (χ2v) is 13.5. The molecule has 1 fully saturated rings. The number of allylic oxidation sites excluding steroid dienone is 8. The Morgan fingerprint density at radius 2 is 1.04 bits per heavy atom. The van der Waals surface area contributed by atoms with Crippen LogP contribution in [0.2, 0.25) is 0 Å². The van der Waals surface area contributed by atoms with Gasteiger partial charge in [0.2, 0.25) is 0 Å². The van der Waals surface area contributed by atoms with Crippen molar-refractivity contribution in [2.24, 2.45) is 5.92 Å². The van der Waals surface area contributed by atoms with Gasteiger partial charge in [0.1, 0.15) is 19.3 Å². The lowest BCUT2D eigenvalue weighted by Gasteiger charge is -2.12. The molecule has 0 saturated carbocycles. The molecule has 0 bridgehead atoms. The normalized spacial score (nSPS) is 17.2. The van der Waals surface area contributed by atoms with Crippen LogP contribution in [-0.4, -0.2) is 48.6 Å². The Hall–Kier alpha value is -2.44. The van der Waals surface area contributed by atoms with E-state index < -0.39 is 6.10 Å². The molecule has 0 aliphatic carbocycles. The number of ether oxygens (including phenoxy) is 3. The molecule has 274 valence electrons. The molecule has 6 nitrogen and oxygen atoms in total. The molecule has 1 aliphatic rings. The molecule has 0 spiro atoms. The molecule has 0 aromatic carbocycles. The van der Waals surface area contributed by atoms with E-state index in [0.29, 0.717) is 25.0 Å². The summed E-state index contributed by atoms with van der Waals surface area (Å²) in [6, 6.07) is 0. The number of hydrogen-bond acceptors (Lipinski definition) is 6. The minimum absolute atomic E-state index is 0.143. The third-order valence-corrected chi connectivity index (χ3v) is 8.36. The Balaban J connectivity index is 1.88. The van der Waals surface area contributed by atoms with Gasteiger partial charge in [-0.1, -0.05) is 152 Å². The van der Waals surface area contributed by atoms with Crippen LogP contribution < -0.4 is 0 Å². The van der Waals surface area contributed by atoms with Crippen molar-refractivity contribution >= 4 is 11.9 Å². The van der Waals surface area contributed by atoms with E-state index in [1.54, 1.807) is 0 Å². The number of epoxide rings is 1. The van der Waals surface area contributed by atoms with Crippen molar-refractivity contribution in [3.63, 3.8) is 0 Å². The van der Waals surface area contributed by atoms with Crippen molar-refractivity contribution in [2.45, 2.75) is 174 Å². The van der Waals surface area contributed by atoms with Gasteiger partial charge in [-0.3, -0.25) is 9.59 Å². The predicted octanol–water partition coefficient (Wildman–Crippen LogP) is 10.9. The summed E-state index contributed by atoms with van der Waals surface area (Å²) in [5.41, 5.74) is 0. The molecule has 0 radical (unpaired) electrons. The molecule has 1 rings (SSSR count). The van der Waals surface area contributed by atoms with Crippen LogP contribution in [0.3, 0.4) is 0 Å². The zero-order chi connectivity index (χ0) is 34.9. The highest BCUT2D eigenvalue weighted by atomic mass is 16.6. The molecule has 0 aromatic heterocycles. The van der Waals surface area contributed by atoms with Gasteiger partial charge in [0.15, 0.2) is 0 Å². The third kappa shape index (κ3) is 29.7. The molecular weight excluding hydrogens is 600 g/mol. The number of carbonyl (C=O) groups excluding carboxylic acids is 2. The van der Waals surface area contributed by atoms with E-state index >= 15 is 0 Å². The fourth-order valence-corrected chi connectivity index (χ4v) is 5.34. The van der Waals surface area contributed by atoms with Crippen molar-refractivity contribution in [3.05, 3.63) is 60.8 Å². The van der Waals surface area contributed by atoms with E-state index in [2.05, 4.69) is 69.4 Å². The Kier molecular flexibility index (Phi) is 28.9. The van der Waals surface area contributed by atoms with Crippen molar-refractivity contribution in [1.29, 1.82) is 0 Å². The Labute approximate surface area is 294 Å². The second kappa shape index (κ2) is 31.8. The maximum Gasteiger partial charge on any atom is 0.306 e. The maximum atomic E-state index is 11.9. The van der Waals surface area contributed by atoms with Crippen LogP contribution in [0.15, 0.2) is 60.8 Å². The van der Waals surface area contributed by atoms with Crippen LogP contribution in [0.25, 0.3) is 0 Å². The van der Waals surface area contributed by atoms with Gasteiger partial charge in [-0.05, 0) is 57.3 Å². The Bertz CT molecular complexity index is 930. The third-order valence-electron chi connectivity index (χ3n) is 8.36. The van der Waals surface area contributed by atoms with E-state index in [4.69, 9.17) is 14.2 Å². The zero-order valence-corrected chi connectivity index (χ0v) is 30.8. The van der Waals surface area contributed by atoms with Crippen molar-refractivity contribution < 1.29 is 28.9 Å². The van der Waals surface area contributed by atoms with Crippen molar-refractivity contribution in [1.82, 2.24) is 0 Å². The van der Waals surface area contributed by atoms with E-state index in [9.17, 15) is 14.7 Å². The molecule has 1 heterocycles. The summed E-state index contributed by atoms with van der Waals surface area (Å²) in [5.74, 6) is 0.162. The van der Waals surface area contributed by atoms with Gasteiger partial charge in [0, 0.05) is 12.8 Å². The van der Waals surface area contributed by atoms with Gasteiger partial charge in [0.25, 0.3) is 0 Å². The summed E-state index contributed by atoms with van der Waals surface area (Å²) in [6.07, 6.45) is 43.3. The molecule has 6 heteroatoms. The van der Waals surface area contributed by atoms with Gasteiger partial charge in [-0.2, -0.15) is 0 Å². The monoisotopic (exact) mass is 671 g/mol. The molecular formula is C42H70O6. The van der Waals surface area contributed by atoms with Crippen LogP contribution in [0.5, 0.6) is 0 Å². The highest BCUT2D eigenvalue weighted by Gasteiger charge is 2.35. The molecule has 0 aromatic rings. The summed E-state index contributed by atoms with van der Waals surface area (Å²) in [7, 11) is 0. The topological polar surface area (TPSA) is 85.4 Å².